The first-order chi connectivity index (χ1) is 7.58. The molecule has 2 rings (SSSR count). The zero-order valence-corrected chi connectivity index (χ0v) is 10.9. The van der Waals surface area contributed by atoms with E-state index in [1.165, 1.54) is 11.3 Å². The summed E-state index contributed by atoms with van der Waals surface area (Å²) in [6, 6.07) is 5.38. The summed E-state index contributed by atoms with van der Waals surface area (Å²) in [6.07, 6.45) is 1.65. The molecule has 0 atom stereocenters. The normalized spacial score (nSPS) is 10.4. The van der Waals surface area contributed by atoms with Crippen LogP contribution in [0.25, 0.3) is 0 Å². The summed E-state index contributed by atoms with van der Waals surface area (Å²) >= 11 is 4.71. The van der Waals surface area contributed by atoms with Crippen LogP contribution in [0.1, 0.15) is 20.8 Å². The predicted molar refractivity (Wildman–Crippen MR) is 68.8 cm³/mol. The lowest BCUT2D eigenvalue weighted by Crippen LogP contribution is -2.05. The number of hydrogen-bond donors (Lipinski definition) is 1. The number of ketones is 1. The van der Waals surface area contributed by atoms with Crippen molar-refractivity contribution in [2.24, 2.45) is 0 Å². The molecule has 3 nitrogen and oxygen atoms in total. The lowest BCUT2D eigenvalue weighted by Gasteiger charge is -2.03. The Labute approximate surface area is 105 Å². The molecule has 0 saturated carbocycles. The molecule has 82 valence electrons. The lowest BCUT2D eigenvalue weighted by atomic mass is 10.1. The molecule has 2 aromatic heterocycles. The minimum Gasteiger partial charge on any atom is -0.383 e. The van der Waals surface area contributed by atoms with Gasteiger partial charge < -0.3 is 5.73 Å². The van der Waals surface area contributed by atoms with E-state index in [-0.39, 0.29) is 11.6 Å². The molecule has 0 amide bonds. The van der Waals surface area contributed by atoms with Crippen molar-refractivity contribution < 1.29 is 4.79 Å². The number of thiophene rings is 1. The summed E-state index contributed by atoms with van der Waals surface area (Å²) in [5.41, 5.74) is 7.09. The molecule has 16 heavy (non-hydrogen) atoms. The Bertz CT molecular complexity index is 551. The Kier molecular flexibility index (Phi) is 3.07. The Morgan fingerprint density at radius 3 is 2.88 bits per heavy atom. The molecule has 2 aromatic rings. The highest BCUT2D eigenvalue weighted by Gasteiger charge is 2.15. The second-order valence-corrected chi connectivity index (χ2v) is 5.84. The maximum absolute atomic E-state index is 12.1. The maximum atomic E-state index is 12.1. The lowest BCUT2D eigenvalue weighted by molar-refractivity contribution is 0.104. The van der Waals surface area contributed by atoms with Crippen LogP contribution in [0.15, 0.2) is 28.2 Å². The molecule has 0 aliphatic carbocycles. The number of aromatic nitrogens is 1. The number of anilines is 1. The van der Waals surface area contributed by atoms with Crippen LogP contribution >= 0.6 is 27.3 Å². The first-order valence-corrected chi connectivity index (χ1v) is 6.21. The van der Waals surface area contributed by atoms with Gasteiger partial charge in [0.1, 0.15) is 5.82 Å². The van der Waals surface area contributed by atoms with Crippen LogP contribution in [0.2, 0.25) is 0 Å². The Balaban J connectivity index is 2.45. The Morgan fingerprint density at radius 1 is 1.50 bits per heavy atom. The van der Waals surface area contributed by atoms with Crippen molar-refractivity contribution in [3.05, 3.63) is 44.2 Å². The third-order valence-corrected chi connectivity index (χ3v) is 3.72. The molecule has 0 spiro atoms. The molecule has 0 bridgehead atoms. The Hall–Kier alpha value is -1.20. The summed E-state index contributed by atoms with van der Waals surface area (Å²) in [4.78, 5) is 16.7. The van der Waals surface area contributed by atoms with Crippen LogP contribution in [0.4, 0.5) is 5.82 Å². The molecular formula is C11H9BrN2OS. The number of carbonyl (C=O) groups excluding carboxylic acids is 1. The smallest absolute Gasteiger partial charge is 0.206 e. The van der Waals surface area contributed by atoms with E-state index in [2.05, 4.69) is 20.9 Å². The third kappa shape index (κ3) is 2.15. The topological polar surface area (TPSA) is 56.0 Å². The van der Waals surface area contributed by atoms with Gasteiger partial charge in [0.2, 0.25) is 5.78 Å². The minimum atomic E-state index is -0.0793. The number of carbonyl (C=O) groups is 1. The standard InChI is InChI=1S/C11H9BrN2OS/c1-6-4-7(11(13)14-5-6)10(15)8-2-3-9(12)16-8/h2-5H,1H3,(H2,13,14). The molecule has 0 aliphatic heterocycles. The average molecular weight is 297 g/mol. The number of halogens is 1. The van der Waals surface area contributed by atoms with Gasteiger partial charge in [-0.1, -0.05) is 0 Å². The van der Waals surface area contributed by atoms with E-state index in [4.69, 9.17) is 5.73 Å². The number of aryl methyl sites for hydroxylation is 1. The fourth-order valence-electron chi connectivity index (χ4n) is 1.33. The van der Waals surface area contributed by atoms with E-state index in [1.807, 2.05) is 13.0 Å². The second-order valence-electron chi connectivity index (χ2n) is 3.38. The Morgan fingerprint density at radius 2 is 2.25 bits per heavy atom. The molecule has 0 aliphatic rings. The highest BCUT2D eigenvalue weighted by molar-refractivity contribution is 9.11. The number of rotatable bonds is 2. The molecule has 0 unspecified atom stereocenters. The maximum Gasteiger partial charge on any atom is 0.206 e. The second kappa shape index (κ2) is 4.35. The molecule has 0 fully saturated rings. The van der Waals surface area contributed by atoms with Crippen LogP contribution in [-0.4, -0.2) is 10.8 Å². The van der Waals surface area contributed by atoms with E-state index in [1.54, 1.807) is 18.3 Å². The highest BCUT2D eigenvalue weighted by Crippen LogP contribution is 2.25. The summed E-state index contributed by atoms with van der Waals surface area (Å²) in [6.45, 7) is 1.88. The van der Waals surface area contributed by atoms with Crippen molar-refractivity contribution in [1.82, 2.24) is 4.98 Å². The molecule has 2 N–H and O–H groups in total. The molecule has 0 aromatic carbocycles. The number of hydrogen-bond acceptors (Lipinski definition) is 4. The third-order valence-electron chi connectivity index (χ3n) is 2.10. The van der Waals surface area contributed by atoms with Gasteiger partial charge in [0.15, 0.2) is 0 Å². The number of nitrogen functional groups attached to an aromatic ring is 1. The van der Waals surface area contributed by atoms with Gasteiger partial charge in [-0.3, -0.25) is 4.79 Å². The van der Waals surface area contributed by atoms with Crippen molar-refractivity contribution in [3.63, 3.8) is 0 Å². The van der Waals surface area contributed by atoms with Gasteiger partial charge in [0.25, 0.3) is 0 Å². The molecule has 5 heteroatoms. The predicted octanol–water partition coefficient (Wildman–Crippen LogP) is 3.03. The van der Waals surface area contributed by atoms with Gasteiger partial charge in [-0.05, 0) is 46.6 Å². The van der Waals surface area contributed by atoms with Crippen LogP contribution in [-0.2, 0) is 0 Å². The number of nitrogens with two attached hydrogens (primary N) is 1. The zero-order valence-electron chi connectivity index (χ0n) is 8.53. The fourth-order valence-corrected chi connectivity index (χ4v) is 2.67. The summed E-state index contributed by atoms with van der Waals surface area (Å²) in [7, 11) is 0. The van der Waals surface area contributed by atoms with Crippen LogP contribution in [0.5, 0.6) is 0 Å². The molecular weight excluding hydrogens is 288 g/mol. The van der Waals surface area contributed by atoms with Crippen LogP contribution in [0.3, 0.4) is 0 Å². The van der Waals surface area contributed by atoms with Crippen molar-refractivity contribution in [3.8, 4) is 0 Å². The number of nitrogens with zero attached hydrogens (tertiary/aromatic N) is 1. The van der Waals surface area contributed by atoms with Crippen LogP contribution < -0.4 is 5.73 Å². The molecule has 0 radical (unpaired) electrons. The quantitative estimate of drug-likeness (QED) is 0.867. The molecule has 0 saturated heterocycles. The van der Waals surface area contributed by atoms with Crippen molar-refractivity contribution in [2.45, 2.75) is 6.92 Å². The first-order valence-electron chi connectivity index (χ1n) is 4.60. The van der Waals surface area contributed by atoms with Gasteiger partial charge in [-0.2, -0.15) is 0 Å². The van der Waals surface area contributed by atoms with Gasteiger partial charge in [0.05, 0.1) is 14.2 Å². The SMILES string of the molecule is Cc1cnc(N)c(C(=O)c2ccc(Br)s2)c1. The minimum absolute atomic E-state index is 0.0793. The van der Waals surface area contributed by atoms with Crippen molar-refractivity contribution in [1.29, 1.82) is 0 Å². The fraction of sp³-hybridized carbons (Fsp3) is 0.0909. The van der Waals surface area contributed by atoms with E-state index in [0.29, 0.717) is 10.4 Å². The van der Waals surface area contributed by atoms with E-state index in [0.717, 1.165) is 9.35 Å². The van der Waals surface area contributed by atoms with Gasteiger partial charge in [0, 0.05) is 6.20 Å². The molecule has 2 heterocycles. The largest absolute Gasteiger partial charge is 0.383 e. The van der Waals surface area contributed by atoms with E-state index >= 15 is 0 Å². The van der Waals surface area contributed by atoms with Gasteiger partial charge in [-0.25, -0.2) is 4.98 Å². The van der Waals surface area contributed by atoms with E-state index in [9.17, 15) is 4.79 Å². The van der Waals surface area contributed by atoms with Gasteiger partial charge >= 0.3 is 0 Å². The highest BCUT2D eigenvalue weighted by atomic mass is 79.9. The van der Waals surface area contributed by atoms with Gasteiger partial charge in [-0.15, -0.1) is 11.3 Å². The first kappa shape index (κ1) is 11.3. The van der Waals surface area contributed by atoms with Crippen LogP contribution in [0, 0.1) is 6.92 Å². The summed E-state index contributed by atoms with van der Waals surface area (Å²) in [5.74, 6) is 0.199. The zero-order chi connectivity index (χ0) is 11.7. The average Bonchev–Trinajstić information content (AvgIpc) is 2.67. The summed E-state index contributed by atoms with van der Waals surface area (Å²) < 4.78 is 0.926. The van der Waals surface area contributed by atoms with Crippen molar-refractivity contribution >= 4 is 38.9 Å². The summed E-state index contributed by atoms with van der Waals surface area (Å²) in [5, 5.41) is 0. The monoisotopic (exact) mass is 296 g/mol. The number of pyridine rings is 1. The van der Waals surface area contributed by atoms with Crippen molar-refractivity contribution in [2.75, 3.05) is 5.73 Å². The van der Waals surface area contributed by atoms with E-state index < -0.39 is 0 Å².